The van der Waals surface area contributed by atoms with Crippen molar-refractivity contribution in [2.24, 2.45) is 5.92 Å². The molecule has 24 heavy (non-hydrogen) atoms. The second-order valence-electron chi connectivity index (χ2n) is 5.77. The number of hydrogen-bond acceptors (Lipinski definition) is 2. The summed E-state index contributed by atoms with van der Waals surface area (Å²) < 4.78 is 13.9. The molecule has 0 spiro atoms. The quantitative estimate of drug-likeness (QED) is 0.869. The Kier molecular flexibility index (Phi) is 4.94. The third kappa shape index (κ3) is 3.82. The van der Waals surface area contributed by atoms with Crippen LogP contribution in [0.15, 0.2) is 53.0 Å². The third-order valence-corrected chi connectivity index (χ3v) is 4.53. The zero-order chi connectivity index (χ0) is 17.1. The summed E-state index contributed by atoms with van der Waals surface area (Å²) in [6, 6.07) is 13.0. The minimum absolute atomic E-state index is 0.00972. The van der Waals surface area contributed by atoms with Crippen LogP contribution in [0.3, 0.4) is 0 Å². The van der Waals surface area contributed by atoms with E-state index in [0.717, 1.165) is 4.47 Å². The lowest BCUT2D eigenvalue weighted by Gasteiger charge is -2.17. The van der Waals surface area contributed by atoms with Gasteiger partial charge in [0.1, 0.15) is 5.82 Å². The summed E-state index contributed by atoms with van der Waals surface area (Å²) in [7, 11) is 0. The Morgan fingerprint density at radius 2 is 1.83 bits per heavy atom. The highest BCUT2D eigenvalue weighted by atomic mass is 79.9. The molecule has 0 bridgehead atoms. The van der Waals surface area contributed by atoms with Crippen molar-refractivity contribution in [1.82, 2.24) is 5.32 Å². The average Bonchev–Trinajstić information content (AvgIpc) is 2.95. The van der Waals surface area contributed by atoms with E-state index in [2.05, 4.69) is 21.2 Å². The monoisotopic (exact) mass is 390 g/mol. The molecule has 1 fully saturated rings. The smallest absolute Gasteiger partial charge is 0.251 e. The van der Waals surface area contributed by atoms with E-state index >= 15 is 0 Å². The van der Waals surface area contributed by atoms with Crippen molar-refractivity contribution in [2.75, 3.05) is 18.0 Å². The first-order chi connectivity index (χ1) is 11.5. The van der Waals surface area contributed by atoms with Gasteiger partial charge in [0.25, 0.3) is 5.91 Å². The minimum atomic E-state index is -0.330. The van der Waals surface area contributed by atoms with Crippen LogP contribution in [-0.4, -0.2) is 24.9 Å². The standard InChI is InChI=1S/C18H16BrFN2O2/c19-14-3-1-13(2-4-14)18(24)21-10-12-9-17(23)22(11-12)16-7-5-15(20)6-8-16/h1-8,12H,9-11H2,(H,21,24). The van der Waals surface area contributed by atoms with Gasteiger partial charge in [-0.3, -0.25) is 9.59 Å². The fourth-order valence-electron chi connectivity index (χ4n) is 2.73. The van der Waals surface area contributed by atoms with Gasteiger partial charge in [0.05, 0.1) is 0 Å². The SMILES string of the molecule is O=C(NCC1CC(=O)N(c2ccc(F)cc2)C1)c1ccc(Br)cc1. The number of halogens is 2. The van der Waals surface area contributed by atoms with Gasteiger partial charge in [-0.1, -0.05) is 15.9 Å². The molecule has 1 aliphatic heterocycles. The number of nitrogens with one attached hydrogen (secondary N) is 1. The summed E-state index contributed by atoms with van der Waals surface area (Å²) >= 11 is 3.33. The molecular weight excluding hydrogens is 375 g/mol. The van der Waals surface area contributed by atoms with Crippen LogP contribution >= 0.6 is 15.9 Å². The molecule has 124 valence electrons. The highest BCUT2D eigenvalue weighted by Gasteiger charge is 2.30. The number of rotatable bonds is 4. The first kappa shape index (κ1) is 16.6. The topological polar surface area (TPSA) is 49.4 Å². The van der Waals surface area contributed by atoms with Crippen molar-refractivity contribution in [2.45, 2.75) is 6.42 Å². The van der Waals surface area contributed by atoms with Crippen LogP contribution in [-0.2, 0) is 4.79 Å². The van der Waals surface area contributed by atoms with Crippen molar-refractivity contribution >= 4 is 33.4 Å². The largest absolute Gasteiger partial charge is 0.352 e. The number of benzene rings is 2. The molecule has 0 aromatic heterocycles. The fraction of sp³-hybridized carbons (Fsp3) is 0.222. The Bertz CT molecular complexity index is 747. The van der Waals surface area contributed by atoms with E-state index in [-0.39, 0.29) is 23.5 Å². The van der Waals surface area contributed by atoms with Gasteiger partial charge in [-0.25, -0.2) is 4.39 Å². The summed E-state index contributed by atoms with van der Waals surface area (Å²) in [4.78, 5) is 25.9. The van der Waals surface area contributed by atoms with Crippen molar-refractivity contribution in [3.63, 3.8) is 0 Å². The first-order valence-corrected chi connectivity index (χ1v) is 8.42. The molecule has 1 atom stereocenters. The highest BCUT2D eigenvalue weighted by Crippen LogP contribution is 2.25. The van der Waals surface area contributed by atoms with Crippen LogP contribution in [0.5, 0.6) is 0 Å². The second kappa shape index (κ2) is 7.13. The zero-order valence-corrected chi connectivity index (χ0v) is 14.4. The molecule has 2 aromatic carbocycles. The molecule has 1 saturated heterocycles. The predicted octanol–water partition coefficient (Wildman–Crippen LogP) is 3.37. The van der Waals surface area contributed by atoms with Crippen LogP contribution in [0.4, 0.5) is 10.1 Å². The van der Waals surface area contributed by atoms with Gasteiger partial charge in [0.2, 0.25) is 5.91 Å². The van der Waals surface area contributed by atoms with Gasteiger partial charge in [-0.15, -0.1) is 0 Å². The Morgan fingerprint density at radius 1 is 1.17 bits per heavy atom. The Balaban J connectivity index is 1.57. The molecule has 1 N–H and O–H groups in total. The molecular formula is C18H16BrFN2O2. The minimum Gasteiger partial charge on any atom is -0.352 e. The van der Waals surface area contributed by atoms with Crippen LogP contribution < -0.4 is 10.2 Å². The number of anilines is 1. The van der Waals surface area contributed by atoms with Gasteiger partial charge >= 0.3 is 0 Å². The van der Waals surface area contributed by atoms with E-state index in [4.69, 9.17) is 0 Å². The van der Waals surface area contributed by atoms with E-state index in [0.29, 0.717) is 30.8 Å². The number of hydrogen-bond donors (Lipinski definition) is 1. The van der Waals surface area contributed by atoms with E-state index in [1.807, 2.05) is 12.1 Å². The molecule has 3 rings (SSSR count). The van der Waals surface area contributed by atoms with Gasteiger partial charge in [-0.05, 0) is 48.5 Å². The lowest BCUT2D eigenvalue weighted by atomic mass is 10.1. The zero-order valence-electron chi connectivity index (χ0n) is 12.8. The van der Waals surface area contributed by atoms with Crippen LogP contribution in [0.1, 0.15) is 16.8 Å². The van der Waals surface area contributed by atoms with E-state index in [9.17, 15) is 14.0 Å². The van der Waals surface area contributed by atoms with Gasteiger partial charge < -0.3 is 10.2 Å². The molecule has 6 heteroatoms. The molecule has 2 aromatic rings. The first-order valence-electron chi connectivity index (χ1n) is 7.62. The van der Waals surface area contributed by atoms with Crippen molar-refractivity contribution in [1.29, 1.82) is 0 Å². The third-order valence-electron chi connectivity index (χ3n) is 4.00. The maximum atomic E-state index is 13.0. The Labute approximate surface area is 147 Å². The lowest BCUT2D eigenvalue weighted by molar-refractivity contribution is -0.117. The second-order valence-corrected chi connectivity index (χ2v) is 6.68. The number of nitrogens with zero attached hydrogens (tertiary/aromatic N) is 1. The van der Waals surface area contributed by atoms with E-state index < -0.39 is 0 Å². The number of carbonyl (C=O) groups excluding carboxylic acids is 2. The maximum absolute atomic E-state index is 13.0. The molecule has 2 amide bonds. The fourth-order valence-corrected chi connectivity index (χ4v) is 2.99. The van der Waals surface area contributed by atoms with Crippen LogP contribution in [0.2, 0.25) is 0 Å². The van der Waals surface area contributed by atoms with Gasteiger partial charge in [0.15, 0.2) is 0 Å². The number of amides is 2. The molecule has 0 aliphatic carbocycles. The molecule has 0 saturated carbocycles. The van der Waals surface area contributed by atoms with Crippen molar-refractivity contribution in [3.05, 3.63) is 64.4 Å². The number of carbonyl (C=O) groups is 2. The summed E-state index contributed by atoms with van der Waals surface area (Å²) in [6.07, 6.45) is 0.373. The lowest BCUT2D eigenvalue weighted by Crippen LogP contribution is -2.31. The van der Waals surface area contributed by atoms with E-state index in [1.165, 1.54) is 12.1 Å². The van der Waals surface area contributed by atoms with Crippen LogP contribution in [0.25, 0.3) is 0 Å². The molecule has 1 heterocycles. The maximum Gasteiger partial charge on any atom is 0.251 e. The highest BCUT2D eigenvalue weighted by molar-refractivity contribution is 9.10. The van der Waals surface area contributed by atoms with Gasteiger partial charge in [0, 0.05) is 41.2 Å². The summed E-state index contributed by atoms with van der Waals surface area (Å²) in [6.45, 7) is 0.948. The van der Waals surface area contributed by atoms with Gasteiger partial charge in [-0.2, -0.15) is 0 Å². The summed E-state index contributed by atoms with van der Waals surface area (Å²) in [5, 5.41) is 2.87. The Hall–Kier alpha value is -2.21. The normalized spacial score (nSPS) is 17.2. The average molecular weight is 391 g/mol. The molecule has 1 unspecified atom stereocenters. The van der Waals surface area contributed by atoms with E-state index in [1.54, 1.807) is 29.2 Å². The molecule has 0 radical (unpaired) electrons. The predicted molar refractivity (Wildman–Crippen MR) is 93.3 cm³/mol. The summed E-state index contributed by atoms with van der Waals surface area (Å²) in [5.41, 5.74) is 1.26. The molecule has 1 aliphatic rings. The summed E-state index contributed by atoms with van der Waals surface area (Å²) in [5.74, 6) is -0.453. The Morgan fingerprint density at radius 3 is 2.50 bits per heavy atom. The van der Waals surface area contributed by atoms with Crippen molar-refractivity contribution in [3.8, 4) is 0 Å². The molecule has 4 nitrogen and oxygen atoms in total. The van der Waals surface area contributed by atoms with Crippen molar-refractivity contribution < 1.29 is 14.0 Å². The van der Waals surface area contributed by atoms with Crippen LogP contribution in [0, 0.1) is 11.7 Å².